The van der Waals surface area contributed by atoms with Gasteiger partial charge >= 0.3 is 0 Å². The molecule has 1 fully saturated rings. The maximum absolute atomic E-state index is 14.7. The predicted molar refractivity (Wildman–Crippen MR) is 124 cm³/mol. The van der Waals surface area contributed by atoms with Gasteiger partial charge in [-0.2, -0.15) is 0 Å². The predicted octanol–water partition coefficient (Wildman–Crippen LogP) is 3.42. The van der Waals surface area contributed by atoms with E-state index < -0.39 is 17.8 Å². The molecule has 1 saturated heterocycles. The van der Waals surface area contributed by atoms with Gasteiger partial charge in [0, 0.05) is 17.0 Å². The Morgan fingerprint density at radius 2 is 1.85 bits per heavy atom. The molecule has 33 heavy (non-hydrogen) atoms. The van der Waals surface area contributed by atoms with Crippen LogP contribution in [0.3, 0.4) is 0 Å². The number of nitrogens with zero attached hydrogens (tertiary/aromatic N) is 2. The lowest BCUT2D eigenvalue weighted by Gasteiger charge is -2.40. The zero-order chi connectivity index (χ0) is 23.4. The van der Waals surface area contributed by atoms with E-state index in [0.29, 0.717) is 6.54 Å². The summed E-state index contributed by atoms with van der Waals surface area (Å²) < 4.78 is 14.7. The molecule has 3 amide bonds. The fourth-order valence-electron chi connectivity index (χ4n) is 3.81. The van der Waals surface area contributed by atoms with Crippen LogP contribution in [0.2, 0.25) is 0 Å². The second-order valence-electron chi connectivity index (χ2n) is 7.98. The van der Waals surface area contributed by atoms with Crippen molar-refractivity contribution in [3.63, 3.8) is 0 Å². The molecule has 4 rings (SSSR count). The average molecular weight is 466 g/mol. The largest absolute Gasteiger partial charge is 0.350 e. The highest BCUT2D eigenvalue weighted by Crippen LogP contribution is 2.30. The average Bonchev–Trinajstić information content (AvgIpc) is 3.32. The number of rotatable bonds is 7. The van der Waals surface area contributed by atoms with Crippen molar-refractivity contribution in [2.75, 3.05) is 13.1 Å². The molecule has 2 aromatic carbocycles. The van der Waals surface area contributed by atoms with E-state index in [4.69, 9.17) is 0 Å². The number of carbonyl (C=O) groups excluding carboxylic acids is 3. The van der Waals surface area contributed by atoms with E-state index in [-0.39, 0.29) is 37.0 Å². The van der Waals surface area contributed by atoms with Crippen molar-refractivity contribution >= 4 is 29.1 Å². The number of halogens is 1. The molecule has 0 radical (unpaired) electrons. The Bertz CT molecular complexity index is 1150. The highest BCUT2D eigenvalue weighted by atomic mass is 32.1. The molecule has 0 aliphatic carbocycles. The van der Waals surface area contributed by atoms with E-state index in [2.05, 4.69) is 5.32 Å². The fraction of sp³-hybridized carbons (Fsp3) is 0.240. The number of hydrogen-bond acceptors (Lipinski definition) is 4. The van der Waals surface area contributed by atoms with Crippen LogP contribution in [0.15, 0.2) is 66.0 Å². The van der Waals surface area contributed by atoms with E-state index in [9.17, 15) is 18.8 Å². The lowest BCUT2D eigenvalue weighted by molar-refractivity contribution is -0.158. The van der Waals surface area contributed by atoms with Gasteiger partial charge in [0.05, 0.1) is 6.54 Å². The summed E-state index contributed by atoms with van der Waals surface area (Å²) >= 11 is 1.52. The van der Waals surface area contributed by atoms with Gasteiger partial charge in [-0.25, -0.2) is 4.39 Å². The smallest absolute Gasteiger partial charge is 0.251 e. The minimum Gasteiger partial charge on any atom is -0.350 e. The van der Waals surface area contributed by atoms with Crippen LogP contribution >= 0.6 is 11.3 Å². The summed E-state index contributed by atoms with van der Waals surface area (Å²) in [5.41, 5.74) is 2.03. The summed E-state index contributed by atoms with van der Waals surface area (Å²) in [6.45, 7) is 1.98. The summed E-state index contributed by atoms with van der Waals surface area (Å²) in [6, 6.07) is 16.2. The van der Waals surface area contributed by atoms with Crippen molar-refractivity contribution in [2.45, 2.75) is 26.1 Å². The number of aryl methyl sites for hydroxylation is 1. The molecule has 1 aliphatic heterocycles. The Labute approximate surface area is 195 Å². The summed E-state index contributed by atoms with van der Waals surface area (Å²) in [7, 11) is 0. The quantitative estimate of drug-likeness (QED) is 0.581. The molecule has 6 nitrogen and oxygen atoms in total. The first-order chi connectivity index (χ1) is 15.9. The SMILES string of the molecule is Cc1ccc(CN2C(=O)CN(CC(=O)NCc3cccs3)C(=O)C2c2ccccc2F)cc1. The Balaban J connectivity index is 1.56. The fourth-order valence-corrected chi connectivity index (χ4v) is 4.46. The number of nitrogens with one attached hydrogen (secondary N) is 1. The van der Waals surface area contributed by atoms with Crippen molar-refractivity contribution in [1.82, 2.24) is 15.1 Å². The number of carbonyl (C=O) groups is 3. The normalized spacial score (nSPS) is 16.2. The Morgan fingerprint density at radius 1 is 1.09 bits per heavy atom. The van der Waals surface area contributed by atoms with E-state index >= 15 is 0 Å². The first kappa shape index (κ1) is 22.7. The van der Waals surface area contributed by atoms with Crippen LogP contribution in [-0.2, 0) is 27.5 Å². The van der Waals surface area contributed by atoms with E-state index in [1.807, 2.05) is 48.7 Å². The third kappa shape index (κ3) is 5.28. The number of amides is 3. The summed E-state index contributed by atoms with van der Waals surface area (Å²) in [5.74, 6) is -1.75. The molecule has 3 aromatic rings. The van der Waals surface area contributed by atoms with Crippen molar-refractivity contribution in [1.29, 1.82) is 0 Å². The molecular weight excluding hydrogens is 441 g/mol. The maximum atomic E-state index is 14.7. The summed E-state index contributed by atoms with van der Waals surface area (Å²) in [6.07, 6.45) is 0. The van der Waals surface area contributed by atoms with Gasteiger partial charge in [-0.15, -0.1) is 11.3 Å². The topological polar surface area (TPSA) is 69.7 Å². The van der Waals surface area contributed by atoms with Crippen molar-refractivity contribution < 1.29 is 18.8 Å². The first-order valence-electron chi connectivity index (χ1n) is 10.6. The van der Waals surface area contributed by atoms with Crippen LogP contribution < -0.4 is 5.32 Å². The number of benzene rings is 2. The highest BCUT2D eigenvalue weighted by Gasteiger charge is 2.42. The van der Waals surface area contributed by atoms with E-state index in [1.54, 1.807) is 6.07 Å². The second-order valence-corrected chi connectivity index (χ2v) is 9.01. The first-order valence-corrected chi connectivity index (χ1v) is 11.5. The Kier molecular flexibility index (Phi) is 6.84. The lowest BCUT2D eigenvalue weighted by atomic mass is 9.99. The zero-order valence-corrected chi connectivity index (χ0v) is 19.0. The third-order valence-electron chi connectivity index (χ3n) is 5.55. The van der Waals surface area contributed by atoms with Crippen LogP contribution in [0.5, 0.6) is 0 Å². The van der Waals surface area contributed by atoms with Crippen molar-refractivity contribution in [3.05, 3.63) is 93.4 Å². The molecule has 1 aromatic heterocycles. The van der Waals surface area contributed by atoms with Gasteiger partial charge in [0.15, 0.2) is 0 Å². The standard InChI is InChI=1S/C25H24FN3O3S/c1-17-8-10-18(11-9-17)14-29-23(31)16-28(15-22(30)27-13-19-5-4-12-33-19)25(32)24(29)20-6-2-3-7-21(20)26/h2-12,24H,13-16H2,1H3,(H,27,30). The molecule has 0 saturated carbocycles. The minimum absolute atomic E-state index is 0.117. The number of hydrogen-bond donors (Lipinski definition) is 1. The van der Waals surface area contributed by atoms with Gasteiger partial charge in [-0.1, -0.05) is 54.1 Å². The summed E-state index contributed by atoms with van der Waals surface area (Å²) in [5, 5.41) is 4.68. The minimum atomic E-state index is -1.14. The number of piperazine rings is 1. The van der Waals surface area contributed by atoms with Crippen LogP contribution in [-0.4, -0.2) is 40.6 Å². The molecule has 170 valence electrons. The van der Waals surface area contributed by atoms with Gasteiger partial charge in [-0.3, -0.25) is 14.4 Å². The molecule has 1 aliphatic rings. The van der Waals surface area contributed by atoms with Crippen LogP contribution in [0.4, 0.5) is 4.39 Å². The maximum Gasteiger partial charge on any atom is 0.251 e. The third-order valence-corrected chi connectivity index (χ3v) is 6.43. The van der Waals surface area contributed by atoms with Crippen LogP contribution in [0.25, 0.3) is 0 Å². The lowest BCUT2D eigenvalue weighted by Crippen LogP contribution is -2.57. The molecule has 0 bridgehead atoms. The van der Waals surface area contributed by atoms with Crippen LogP contribution in [0.1, 0.15) is 27.6 Å². The van der Waals surface area contributed by atoms with Crippen molar-refractivity contribution in [2.24, 2.45) is 0 Å². The molecule has 1 unspecified atom stereocenters. The molecule has 0 spiro atoms. The molecule has 1 N–H and O–H groups in total. The zero-order valence-electron chi connectivity index (χ0n) is 18.2. The second kappa shape index (κ2) is 9.95. The van der Waals surface area contributed by atoms with Gasteiger partial charge in [0.25, 0.3) is 5.91 Å². The van der Waals surface area contributed by atoms with Crippen LogP contribution in [0, 0.1) is 12.7 Å². The molecule has 2 heterocycles. The van der Waals surface area contributed by atoms with Gasteiger partial charge in [-0.05, 0) is 30.0 Å². The monoisotopic (exact) mass is 465 g/mol. The number of thiophene rings is 1. The van der Waals surface area contributed by atoms with Gasteiger partial charge in [0.2, 0.25) is 11.8 Å². The Hall–Kier alpha value is -3.52. The van der Waals surface area contributed by atoms with Crippen molar-refractivity contribution in [3.8, 4) is 0 Å². The molecule has 1 atom stereocenters. The summed E-state index contributed by atoms with van der Waals surface area (Å²) in [4.78, 5) is 42.6. The Morgan fingerprint density at radius 3 is 2.55 bits per heavy atom. The van der Waals surface area contributed by atoms with E-state index in [0.717, 1.165) is 16.0 Å². The van der Waals surface area contributed by atoms with Gasteiger partial charge in [0.1, 0.15) is 24.9 Å². The van der Waals surface area contributed by atoms with Gasteiger partial charge < -0.3 is 15.1 Å². The highest BCUT2D eigenvalue weighted by molar-refractivity contribution is 7.09. The van der Waals surface area contributed by atoms with E-state index in [1.165, 1.54) is 39.3 Å². The molecular formula is C25H24FN3O3S. The molecule has 8 heteroatoms.